The standard InChI is InChI=1S/C19H31N5O/c1-22-17(14-23-10-4-5-11-23)20-21-18(22)16-9-6-12-24(13-16)19(25)15-7-2-3-8-15/h15-16H,2-14H2,1H3/t16-/m1/s1. The molecule has 0 bridgehead atoms. The van der Waals surface area contributed by atoms with Crippen LogP contribution >= 0.6 is 0 Å². The molecule has 0 radical (unpaired) electrons. The molecule has 4 rings (SSSR count). The molecule has 138 valence electrons. The SMILES string of the molecule is Cn1c(CN2CCCC2)nnc1[C@@H]1CCCN(C(=O)C2CCCC2)C1. The molecular weight excluding hydrogens is 314 g/mol. The predicted molar refractivity (Wildman–Crippen MR) is 96.0 cm³/mol. The average Bonchev–Trinajstić information content (AvgIpc) is 3.38. The normalized spacial score (nSPS) is 25.8. The van der Waals surface area contributed by atoms with E-state index in [1.807, 2.05) is 0 Å². The maximum Gasteiger partial charge on any atom is 0.225 e. The first-order chi connectivity index (χ1) is 12.2. The Bertz CT molecular complexity index is 601. The van der Waals surface area contributed by atoms with Crippen molar-refractivity contribution in [1.29, 1.82) is 0 Å². The number of nitrogens with zero attached hydrogens (tertiary/aromatic N) is 5. The summed E-state index contributed by atoms with van der Waals surface area (Å²) in [6.45, 7) is 5.00. The van der Waals surface area contributed by atoms with Gasteiger partial charge in [0.05, 0.1) is 6.54 Å². The second-order valence-electron chi connectivity index (χ2n) is 8.12. The van der Waals surface area contributed by atoms with Crippen LogP contribution in [0.25, 0.3) is 0 Å². The molecule has 1 saturated carbocycles. The topological polar surface area (TPSA) is 54.3 Å². The molecule has 0 aromatic carbocycles. The van der Waals surface area contributed by atoms with Crippen LogP contribution in [0.5, 0.6) is 0 Å². The summed E-state index contributed by atoms with van der Waals surface area (Å²) in [5, 5.41) is 8.99. The fourth-order valence-corrected chi connectivity index (χ4v) is 4.83. The number of hydrogen-bond acceptors (Lipinski definition) is 4. The van der Waals surface area contributed by atoms with Crippen molar-refractivity contribution in [1.82, 2.24) is 24.6 Å². The number of piperidine rings is 1. The van der Waals surface area contributed by atoms with Gasteiger partial charge in [-0.3, -0.25) is 9.69 Å². The Morgan fingerprint density at radius 2 is 1.76 bits per heavy atom. The molecule has 1 atom stereocenters. The number of carbonyl (C=O) groups excluding carboxylic acids is 1. The van der Waals surface area contributed by atoms with E-state index < -0.39 is 0 Å². The van der Waals surface area contributed by atoms with Crippen LogP contribution in [0.4, 0.5) is 0 Å². The summed E-state index contributed by atoms with van der Waals surface area (Å²) >= 11 is 0. The molecule has 1 aliphatic carbocycles. The van der Waals surface area contributed by atoms with Gasteiger partial charge in [-0.15, -0.1) is 10.2 Å². The van der Waals surface area contributed by atoms with E-state index in [1.54, 1.807) is 0 Å². The van der Waals surface area contributed by atoms with Crippen molar-refractivity contribution < 1.29 is 4.79 Å². The first-order valence-corrected chi connectivity index (χ1v) is 10.1. The summed E-state index contributed by atoms with van der Waals surface area (Å²) < 4.78 is 2.19. The van der Waals surface area contributed by atoms with E-state index in [-0.39, 0.29) is 5.92 Å². The van der Waals surface area contributed by atoms with Gasteiger partial charge in [-0.1, -0.05) is 12.8 Å². The van der Waals surface area contributed by atoms with Gasteiger partial charge in [0.15, 0.2) is 0 Å². The second-order valence-corrected chi connectivity index (χ2v) is 8.12. The molecular formula is C19H31N5O. The highest BCUT2D eigenvalue weighted by atomic mass is 16.2. The van der Waals surface area contributed by atoms with E-state index in [9.17, 15) is 4.79 Å². The lowest BCUT2D eigenvalue weighted by Gasteiger charge is -2.34. The fourth-order valence-electron chi connectivity index (χ4n) is 4.83. The molecule has 6 nitrogen and oxygen atoms in total. The lowest BCUT2D eigenvalue weighted by atomic mass is 9.95. The van der Waals surface area contributed by atoms with Crippen molar-refractivity contribution in [3.8, 4) is 0 Å². The Labute approximate surface area is 150 Å². The molecule has 1 amide bonds. The highest BCUT2D eigenvalue weighted by Crippen LogP contribution is 2.31. The number of rotatable bonds is 4. The maximum absolute atomic E-state index is 12.8. The van der Waals surface area contributed by atoms with Crippen molar-refractivity contribution in [2.75, 3.05) is 26.2 Å². The van der Waals surface area contributed by atoms with Gasteiger partial charge >= 0.3 is 0 Å². The highest BCUT2D eigenvalue weighted by Gasteiger charge is 2.32. The molecule has 0 N–H and O–H groups in total. The minimum absolute atomic E-state index is 0.281. The van der Waals surface area contributed by atoms with E-state index in [0.717, 1.165) is 57.0 Å². The van der Waals surface area contributed by atoms with Crippen LogP contribution in [-0.4, -0.2) is 56.7 Å². The molecule has 1 aromatic rings. The number of carbonyl (C=O) groups is 1. The number of aromatic nitrogens is 3. The minimum atomic E-state index is 0.281. The summed E-state index contributed by atoms with van der Waals surface area (Å²) in [4.78, 5) is 17.3. The van der Waals surface area contributed by atoms with Crippen LogP contribution in [0.1, 0.15) is 68.9 Å². The highest BCUT2D eigenvalue weighted by molar-refractivity contribution is 5.79. The van der Waals surface area contributed by atoms with Gasteiger partial charge in [0.25, 0.3) is 0 Å². The maximum atomic E-state index is 12.8. The van der Waals surface area contributed by atoms with Gasteiger partial charge in [-0.05, 0) is 51.6 Å². The second kappa shape index (κ2) is 7.44. The zero-order chi connectivity index (χ0) is 17.2. The molecule has 25 heavy (non-hydrogen) atoms. The average molecular weight is 345 g/mol. The van der Waals surface area contributed by atoms with Crippen molar-refractivity contribution in [3.05, 3.63) is 11.6 Å². The van der Waals surface area contributed by atoms with Crippen molar-refractivity contribution in [3.63, 3.8) is 0 Å². The molecule has 3 fully saturated rings. The Balaban J connectivity index is 1.42. The zero-order valence-electron chi connectivity index (χ0n) is 15.5. The summed E-state index contributed by atoms with van der Waals surface area (Å²) in [6.07, 6.45) is 9.40. The fraction of sp³-hybridized carbons (Fsp3) is 0.842. The predicted octanol–water partition coefficient (Wildman–Crippen LogP) is 2.31. The van der Waals surface area contributed by atoms with Gasteiger partial charge in [0.1, 0.15) is 11.6 Å². The smallest absolute Gasteiger partial charge is 0.225 e. The van der Waals surface area contributed by atoms with E-state index in [0.29, 0.717) is 11.8 Å². The first-order valence-electron chi connectivity index (χ1n) is 10.1. The third-order valence-electron chi connectivity index (χ3n) is 6.37. The van der Waals surface area contributed by atoms with Gasteiger partial charge in [-0.2, -0.15) is 0 Å². The van der Waals surface area contributed by atoms with Crippen molar-refractivity contribution in [2.45, 2.75) is 63.8 Å². The molecule has 2 saturated heterocycles. The Hall–Kier alpha value is -1.43. The molecule has 0 unspecified atom stereocenters. The Morgan fingerprint density at radius 3 is 2.52 bits per heavy atom. The third-order valence-corrected chi connectivity index (χ3v) is 6.37. The number of hydrogen-bond donors (Lipinski definition) is 0. The molecule has 3 aliphatic rings. The van der Waals surface area contributed by atoms with Gasteiger partial charge in [0, 0.05) is 32.0 Å². The van der Waals surface area contributed by atoms with Gasteiger partial charge in [-0.25, -0.2) is 0 Å². The Kier molecular flexibility index (Phi) is 5.06. The monoisotopic (exact) mass is 345 g/mol. The summed E-state index contributed by atoms with van der Waals surface area (Å²) in [7, 11) is 2.10. The zero-order valence-corrected chi connectivity index (χ0v) is 15.5. The van der Waals surface area contributed by atoms with E-state index in [2.05, 4.69) is 31.6 Å². The summed E-state index contributed by atoms with van der Waals surface area (Å²) in [5.41, 5.74) is 0. The lowest BCUT2D eigenvalue weighted by molar-refractivity contribution is -0.136. The summed E-state index contributed by atoms with van der Waals surface area (Å²) in [5.74, 6) is 3.14. The third kappa shape index (κ3) is 3.59. The molecule has 0 spiro atoms. The van der Waals surface area contributed by atoms with Gasteiger partial charge in [0.2, 0.25) is 5.91 Å². The van der Waals surface area contributed by atoms with Crippen molar-refractivity contribution >= 4 is 5.91 Å². The van der Waals surface area contributed by atoms with Gasteiger partial charge < -0.3 is 9.47 Å². The van der Waals surface area contributed by atoms with E-state index in [1.165, 1.54) is 38.8 Å². The Morgan fingerprint density at radius 1 is 1.00 bits per heavy atom. The number of likely N-dealkylation sites (tertiary alicyclic amines) is 2. The van der Waals surface area contributed by atoms with Crippen LogP contribution in [0.3, 0.4) is 0 Å². The molecule has 1 aromatic heterocycles. The molecule has 6 heteroatoms. The van der Waals surface area contributed by atoms with Crippen LogP contribution in [0.15, 0.2) is 0 Å². The molecule has 2 aliphatic heterocycles. The van der Waals surface area contributed by atoms with Crippen molar-refractivity contribution in [2.24, 2.45) is 13.0 Å². The van der Waals surface area contributed by atoms with E-state index >= 15 is 0 Å². The molecule has 3 heterocycles. The minimum Gasteiger partial charge on any atom is -0.342 e. The lowest BCUT2D eigenvalue weighted by Crippen LogP contribution is -2.42. The first kappa shape index (κ1) is 17.0. The largest absolute Gasteiger partial charge is 0.342 e. The van der Waals surface area contributed by atoms with E-state index in [4.69, 9.17) is 0 Å². The van der Waals surface area contributed by atoms with Crippen LogP contribution in [0.2, 0.25) is 0 Å². The van der Waals surface area contributed by atoms with Crippen LogP contribution in [0, 0.1) is 5.92 Å². The number of amides is 1. The van der Waals surface area contributed by atoms with Crippen LogP contribution in [-0.2, 0) is 18.4 Å². The van der Waals surface area contributed by atoms with Crippen LogP contribution < -0.4 is 0 Å². The quantitative estimate of drug-likeness (QED) is 0.840. The summed E-state index contributed by atoms with van der Waals surface area (Å²) in [6, 6.07) is 0.